The molecular weight excluding hydrogens is 392 g/mol. The minimum Gasteiger partial charge on any atom is -0.481 e. The lowest BCUT2D eigenvalue weighted by atomic mass is 10.1. The summed E-state index contributed by atoms with van der Waals surface area (Å²) in [5, 5.41) is 11.0. The molecule has 2 amide bonds. The van der Waals surface area contributed by atoms with Gasteiger partial charge in [-0.3, -0.25) is 24.3 Å². The van der Waals surface area contributed by atoms with E-state index in [-0.39, 0.29) is 24.2 Å². The predicted octanol–water partition coefficient (Wildman–Crippen LogP) is 2.45. The van der Waals surface area contributed by atoms with Gasteiger partial charge >= 0.3 is 0 Å². The van der Waals surface area contributed by atoms with E-state index in [9.17, 15) is 9.59 Å². The summed E-state index contributed by atoms with van der Waals surface area (Å²) in [6.07, 6.45) is 3.62. The van der Waals surface area contributed by atoms with Gasteiger partial charge in [-0.1, -0.05) is 29.5 Å². The molecule has 1 aromatic carbocycles. The number of benzene rings is 1. The molecule has 1 aliphatic rings. The van der Waals surface area contributed by atoms with Crippen LogP contribution in [0, 0.1) is 5.92 Å². The number of rotatable bonds is 4. The summed E-state index contributed by atoms with van der Waals surface area (Å²) in [6, 6.07) is 11.5. The lowest BCUT2D eigenvalue weighted by Crippen LogP contribution is -2.32. The number of aliphatic carboxylic acids is 1. The van der Waals surface area contributed by atoms with E-state index in [0.717, 1.165) is 22.7 Å². The second kappa shape index (κ2) is 9.24. The van der Waals surface area contributed by atoms with Crippen LogP contribution in [0.2, 0.25) is 0 Å². The second-order valence-corrected chi connectivity index (χ2v) is 7.48. The normalized spacial score (nSPS) is 15.7. The van der Waals surface area contributed by atoms with Crippen molar-refractivity contribution in [2.45, 2.75) is 19.9 Å². The number of nitrogens with zero attached hydrogens (tertiary/aromatic N) is 3. The largest absolute Gasteiger partial charge is 0.481 e. The Labute approximate surface area is 171 Å². The van der Waals surface area contributed by atoms with Crippen molar-refractivity contribution in [3.8, 4) is 0 Å². The van der Waals surface area contributed by atoms with Crippen LogP contribution in [0.4, 0.5) is 5.13 Å². The molecule has 3 aromatic rings. The quantitative estimate of drug-likeness (QED) is 0.681. The Morgan fingerprint density at radius 3 is 2.72 bits per heavy atom. The topological polar surface area (TPSA) is 112 Å². The Hall–Kier alpha value is -3.33. The molecular formula is C20H20N4O4S. The van der Waals surface area contributed by atoms with Gasteiger partial charge < -0.3 is 10.4 Å². The predicted molar refractivity (Wildman–Crippen MR) is 109 cm³/mol. The number of carboxylic acid groups (broad SMARTS) is 1. The Morgan fingerprint density at radius 2 is 2.03 bits per heavy atom. The van der Waals surface area contributed by atoms with E-state index in [1.807, 2.05) is 36.4 Å². The molecule has 4 rings (SSSR count). The number of aromatic nitrogens is 2. The Morgan fingerprint density at radius 1 is 1.28 bits per heavy atom. The fraction of sp³-hybridized carbons (Fsp3) is 0.250. The van der Waals surface area contributed by atoms with Gasteiger partial charge in [-0.05, 0) is 23.8 Å². The highest BCUT2D eigenvalue weighted by Gasteiger charge is 2.36. The van der Waals surface area contributed by atoms with Gasteiger partial charge in [-0.15, -0.1) is 0 Å². The fourth-order valence-electron chi connectivity index (χ4n) is 2.88. The maximum absolute atomic E-state index is 12.4. The van der Waals surface area contributed by atoms with E-state index in [2.05, 4.69) is 15.3 Å². The molecule has 1 aliphatic heterocycles. The zero-order valence-corrected chi connectivity index (χ0v) is 16.6. The summed E-state index contributed by atoms with van der Waals surface area (Å²) in [5.41, 5.74) is 1.81. The number of hydrogen-bond acceptors (Lipinski definition) is 6. The van der Waals surface area contributed by atoms with Crippen LogP contribution in [0.3, 0.4) is 0 Å². The molecule has 2 aromatic heterocycles. The molecule has 0 spiro atoms. The zero-order valence-electron chi connectivity index (χ0n) is 15.7. The molecule has 29 heavy (non-hydrogen) atoms. The van der Waals surface area contributed by atoms with Crippen LogP contribution in [0.5, 0.6) is 0 Å². The molecule has 0 saturated carbocycles. The van der Waals surface area contributed by atoms with Gasteiger partial charge in [0.1, 0.15) is 0 Å². The van der Waals surface area contributed by atoms with Crippen LogP contribution >= 0.6 is 11.3 Å². The monoisotopic (exact) mass is 412 g/mol. The van der Waals surface area contributed by atoms with E-state index in [0.29, 0.717) is 18.2 Å². The van der Waals surface area contributed by atoms with Crippen molar-refractivity contribution in [2.75, 3.05) is 11.4 Å². The number of thiazole rings is 1. The first kappa shape index (κ1) is 20.4. The molecule has 0 bridgehead atoms. The summed E-state index contributed by atoms with van der Waals surface area (Å²) in [5.74, 6) is -1.35. The molecule has 150 valence electrons. The molecule has 0 aliphatic carbocycles. The molecule has 1 fully saturated rings. The first-order valence-electron chi connectivity index (χ1n) is 8.96. The highest BCUT2D eigenvalue weighted by molar-refractivity contribution is 7.22. The van der Waals surface area contributed by atoms with Crippen LogP contribution in [0.25, 0.3) is 10.2 Å². The third-order valence-electron chi connectivity index (χ3n) is 4.20. The SMILES string of the molecule is CC(=O)O.O=C(NCc1cccnc1)C1CC(=O)N(c2nc3ccccc3s2)C1. The standard InChI is InChI=1S/C18H16N4O2S.C2H4O2/c23-16-8-13(17(24)20-10-12-4-3-7-19-9-12)11-22(16)18-21-14-5-1-2-6-15(14)25-18;1-2(3)4/h1-7,9,13H,8,10-11H2,(H,20,24);1H3,(H,3,4). The van der Waals surface area contributed by atoms with Crippen LogP contribution in [-0.2, 0) is 20.9 Å². The molecule has 1 unspecified atom stereocenters. The lowest BCUT2D eigenvalue weighted by molar-refractivity contribution is -0.134. The number of pyridine rings is 1. The highest BCUT2D eigenvalue weighted by atomic mass is 32.1. The first-order valence-corrected chi connectivity index (χ1v) is 9.77. The first-order chi connectivity index (χ1) is 13.9. The third kappa shape index (κ3) is 5.35. The van der Waals surface area contributed by atoms with Gasteiger partial charge in [0.2, 0.25) is 11.8 Å². The van der Waals surface area contributed by atoms with Gasteiger partial charge in [0.15, 0.2) is 5.13 Å². The zero-order chi connectivity index (χ0) is 20.8. The molecule has 0 radical (unpaired) electrons. The number of carbonyl (C=O) groups is 3. The van der Waals surface area contributed by atoms with Crippen molar-refractivity contribution in [2.24, 2.45) is 5.92 Å². The third-order valence-corrected chi connectivity index (χ3v) is 5.26. The molecule has 8 nitrogen and oxygen atoms in total. The van der Waals surface area contributed by atoms with Gasteiger partial charge in [0.25, 0.3) is 5.97 Å². The van der Waals surface area contributed by atoms with Crippen molar-refractivity contribution >= 4 is 44.5 Å². The summed E-state index contributed by atoms with van der Waals surface area (Å²) in [7, 11) is 0. The van der Waals surface area contributed by atoms with Gasteiger partial charge in [0.05, 0.1) is 16.1 Å². The average Bonchev–Trinajstić information content (AvgIpc) is 3.29. The number of anilines is 1. The molecule has 3 heterocycles. The van der Waals surface area contributed by atoms with Crippen molar-refractivity contribution < 1.29 is 19.5 Å². The Balaban J connectivity index is 0.000000552. The van der Waals surface area contributed by atoms with Gasteiger partial charge in [0, 0.05) is 38.8 Å². The van der Waals surface area contributed by atoms with E-state index in [4.69, 9.17) is 9.90 Å². The van der Waals surface area contributed by atoms with Crippen molar-refractivity contribution in [3.63, 3.8) is 0 Å². The van der Waals surface area contributed by atoms with Crippen molar-refractivity contribution in [1.82, 2.24) is 15.3 Å². The van der Waals surface area contributed by atoms with E-state index < -0.39 is 5.97 Å². The van der Waals surface area contributed by atoms with E-state index in [1.54, 1.807) is 17.3 Å². The van der Waals surface area contributed by atoms with Crippen LogP contribution in [-0.4, -0.2) is 39.4 Å². The summed E-state index contributed by atoms with van der Waals surface area (Å²) in [4.78, 5) is 43.9. The maximum atomic E-state index is 12.4. The van der Waals surface area contributed by atoms with Crippen LogP contribution < -0.4 is 10.2 Å². The highest BCUT2D eigenvalue weighted by Crippen LogP contribution is 2.32. The van der Waals surface area contributed by atoms with E-state index in [1.165, 1.54) is 11.3 Å². The van der Waals surface area contributed by atoms with Gasteiger partial charge in [-0.2, -0.15) is 0 Å². The number of hydrogen-bond donors (Lipinski definition) is 2. The molecule has 2 N–H and O–H groups in total. The Kier molecular flexibility index (Phi) is 6.50. The number of carbonyl (C=O) groups excluding carboxylic acids is 2. The molecule has 1 saturated heterocycles. The number of carboxylic acids is 1. The molecule has 9 heteroatoms. The number of para-hydroxylation sites is 1. The summed E-state index contributed by atoms with van der Waals surface area (Å²) < 4.78 is 1.04. The number of nitrogens with one attached hydrogen (secondary N) is 1. The smallest absolute Gasteiger partial charge is 0.300 e. The van der Waals surface area contributed by atoms with Crippen molar-refractivity contribution in [3.05, 3.63) is 54.4 Å². The summed E-state index contributed by atoms with van der Waals surface area (Å²) >= 11 is 1.48. The Bertz CT molecular complexity index is 985. The van der Waals surface area contributed by atoms with Gasteiger partial charge in [-0.25, -0.2) is 4.98 Å². The average molecular weight is 412 g/mol. The number of fused-ring (bicyclic) bond motifs is 1. The lowest BCUT2D eigenvalue weighted by Gasteiger charge is -2.13. The second-order valence-electron chi connectivity index (χ2n) is 6.47. The number of amides is 2. The van der Waals surface area contributed by atoms with E-state index >= 15 is 0 Å². The van der Waals surface area contributed by atoms with Crippen molar-refractivity contribution in [1.29, 1.82) is 0 Å². The maximum Gasteiger partial charge on any atom is 0.300 e. The molecule has 1 atom stereocenters. The summed E-state index contributed by atoms with van der Waals surface area (Å²) in [6.45, 7) is 1.87. The minimum absolute atomic E-state index is 0.0550. The minimum atomic E-state index is -0.833. The van der Waals surface area contributed by atoms with Crippen LogP contribution in [0.15, 0.2) is 48.8 Å². The van der Waals surface area contributed by atoms with Crippen LogP contribution in [0.1, 0.15) is 18.9 Å². The fourth-order valence-corrected chi connectivity index (χ4v) is 3.87.